The number of aryl methyl sites for hydroxylation is 2. The molecule has 0 N–H and O–H groups in total. The Hall–Kier alpha value is -9.16. The minimum absolute atomic E-state index is 0.102. The summed E-state index contributed by atoms with van der Waals surface area (Å²) in [6, 6.07) is 52.7. The highest BCUT2D eigenvalue weighted by Crippen LogP contribution is 2.60. The molecule has 2 amide bonds. The van der Waals surface area contributed by atoms with E-state index in [1.54, 1.807) is 9.80 Å². The van der Waals surface area contributed by atoms with Crippen molar-refractivity contribution >= 4 is 57.9 Å². The van der Waals surface area contributed by atoms with Gasteiger partial charge in [-0.1, -0.05) is 127 Å². The standard InChI is InChI=1S/C77H76N4O8/c1-9-71(82)80(65-45-63-67(41-47(65)3)86-69-43-55(78(7)51-21-13-11-14-22-51)37-39-61(69)76(63)59-27-19-17-25-57(59)73(84)88-76)53-33-29-49(30-34-53)75(5,6)50-31-35-54(36-32-50)81(72(83)10-2)66-46-64-68(42-48(66)4)87-70-44-56(79(8)52-23-15-12-16-24-52)38-40-62(70)77(64)60-28-20-18-26-58(60)74(85)89-77/h17-20,25-46,51-52H,9-16,21-24H2,1-8H3. The van der Waals surface area contributed by atoms with Gasteiger partial charge in [0.2, 0.25) is 11.8 Å². The van der Waals surface area contributed by atoms with Crippen LogP contribution in [0.3, 0.4) is 0 Å². The number of anilines is 6. The first-order valence-corrected chi connectivity index (χ1v) is 32.0. The van der Waals surface area contributed by atoms with E-state index in [-0.39, 0.29) is 24.7 Å². The molecule has 2 atom stereocenters. The Balaban J connectivity index is 0.780. The van der Waals surface area contributed by atoms with E-state index in [0.717, 1.165) is 81.6 Å². The number of ether oxygens (including phenoxy) is 4. The van der Waals surface area contributed by atoms with Gasteiger partial charge in [0.05, 0.1) is 22.5 Å². The Morgan fingerprint density at radius 2 is 0.809 bits per heavy atom. The van der Waals surface area contributed by atoms with Crippen LogP contribution in [0.5, 0.6) is 23.0 Å². The normalized spacial score (nSPS) is 18.9. The van der Waals surface area contributed by atoms with E-state index in [1.165, 1.54) is 38.5 Å². The summed E-state index contributed by atoms with van der Waals surface area (Å²) in [6.07, 6.45) is 12.4. The molecule has 452 valence electrons. The number of benzene rings is 8. The summed E-state index contributed by atoms with van der Waals surface area (Å²) >= 11 is 0. The van der Waals surface area contributed by atoms with Crippen LogP contribution in [0.25, 0.3) is 0 Å². The highest BCUT2D eigenvalue weighted by atomic mass is 16.6. The third kappa shape index (κ3) is 9.21. The van der Waals surface area contributed by atoms with Gasteiger partial charge < -0.3 is 28.7 Å². The molecule has 0 bridgehead atoms. The van der Waals surface area contributed by atoms with Gasteiger partial charge in [0.1, 0.15) is 23.0 Å². The van der Waals surface area contributed by atoms with Gasteiger partial charge in [-0.25, -0.2) is 9.59 Å². The summed E-state index contributed by atoms with van der Waals surface area (Å²) < 4.78 is 27.1. The molecule has 89 heavy (non-hydrogen) atoms. The molecule has 0 aromatic heterocycles. The summed E-state index contributed by atoms with van der Waals surface area (Å²) in [5.74, 6) is 1.36. The molecule has 4 aliphatic heterocycles. The number of amides is 2. The van der Waals surface area contributed by atoms with E-state index >= 15 is 0 Å². The maximum Gasteiger partial charge on any atom is 0.340 e. The molecule has 8 aromatic carbocycles. The van der Waals surface area contributed by atoms with E-state index in [9.17, 15) is 19.2 Å². The molecule has 2 aliphatic carbocycles. The molecule has 2 fully saturated rings. The Morgan fingerprint density at radius 1 is 0.449 bits per heavy atom. The second-order valence-corrected chi connectivity index (χ2v) is 25.8. The SMILES string of the molecule is CCC(=O)N(c1ccc(C(C)(C)c2ccc(N(C(=O)CC)c3cc4c(cc3C)Oc3cc(N(C)C5CCCCC5)ccc3C43OC(=O)c4ccccc43)cc2)cc1)c1cc2c(cc1C)Oc1cc(N(C)C3CCCCC3)ccc1C21OC(=O)c2ccccc21. The van der Waals surface area contributed by atoms with Gasteiger partial charge in [0.15, 0.2) is 11.2 Å². The van der Waals surface area contributed by atoms with Crippen LogP contribution in [0.2, 0.25) is 0 Å². The monoisotopic (exact) mass is 1180 g/mol. The number of hydrogen-bond acceptors (Lipinski definition) is 10. The molecule has 12 nitrogen and oxygen atoms in total. The van der Waals surface area contributed by atoms with Gasteiger partial charge in [0, 0.05) is 113 Å². The quantitative estimate of drug-likeness (QED) is 0.109. The predicted molar refractivity (Wildman–Crippen MR) is 349 cm³/mol. The number of carbonyl (C=O) groups excluding carboxylic acids is 4. The minimum atomic E-state index is -1.33. The third-order valence-electron chi connectivity index (χ3n) is 20.4. The summed E-state index contributed by atoms with van der Waals surface area (Å²) in [7, 11) is 4.32. The van der Waals surface area contributed by atoms with Gasteiger partial charge in [0.25, 0.3) is 0 Å². The van der Waals surface area contributed by atoms with Crippen molar-refractivity contribution in [3.8, 4) is 23.0 Å². The maximum atomic E-state index is 14.5. The second-order valence-electron chi connectivity index (χ2n) is 25.8. The summed E-state index contributed by atoms with van der Waals surface area (Å²) in [5, 5.41) is 0. The zero-order chi connectivity index (χ0) is 61.7. The molecule has 12 heteroatoms. The van der Waals surface area contributed by atoms with Crippen LogP contribution in [0, 0.1) is 13.8 Å². The zero-order valence-electron chi connectivity index (χ0n) is 52.2. The van der Waals surface area contributed by atoms with Crippen molar-refractivity contribution in [2.45, 2.75) is 147 Å². The lowest BCUT2D eigenvalue weighted by atomic mass is 9.77. The van der Waals surface area contributed by atoms with Gasteiger partial charge in [-0.3, -0.25) is 19.4 Å². The van der Waals surface area contributed by atoms with Crippen molar-refractivity contribution in [2.75, 3.05) is 33.7 Å². The molecule has 2 spiro atoms. The number of fused-ring (bicyclic) bond motifs is 12. The number of rotatable bonds is 12. The molecular formula is C77H76N4O8. The predicted octanol–water partition coefficient (Wildman–Crippen LogP) is 17.5. The molecule has 0 saturated heterocycles. The number of carbonyl (C=O) groups is 4. The summed E-state index contributed by atoms with van der Waals surface area (Å²) in [4.78, 5) is 65.3. The van der Waals surface area contributed by atoms with Crippen molar-refractivity contribution in [3.05, 3.63) is 224 Å². The van der Waals surface area contributed by atoms with E-state index < -0.39 is 28.6 Å². The van der Waals surface area contributed by atoms with E-state index in [4.69, 9.17) is 18.9 Å². The van der Waals surface area contributed by atoms with Crippen LogP contribution in [0.1, 0.15) is 181 Å². The molecule has 2 unspecified atom stereocenters. The Bertz CT molecular complexity index is 3910. The van der Waals surface area contributed by atoms with Crippen molar-refractivity contribution < 1.29 is 38.1 Å². The van der Waals surface area contributed by atoms with Crippen molar-refractivity contribution in [1.82, 2.24) is 0 Å². The van der Waals surface area contributed by atoms with Gasteiger partial charge >= 0.3 is 11.9 Å². The van der Waals surface area contributed by atoms with Gasteiger partial charge in [-0.15, -0.1) is 0 Å². The fourth-order valence-electron chi connectivity index (χ4n) is 15.2. The fraction of sp³-hybridized carbons (Fsp3) is 0.325. The highest BCUT2D eigenvalue weighted by Gasteiger charge is 2.56. The molecule has 6 aliphatic rings. The number of nitrogens with zero attached hydrogens (tertiary/aromatic N) is 4. The lowest BCUT2D eigenvalue weighted by Gasteiger charge is -2.39. The van der Waals surface area contributed by atoms with Crippen LogP contribution in [-0.2, 0) is 35.7 Å². The van der Waals surface area contributed by atoms with Crippen LogP contribution < -0.4 is 29.1 Å². The largest absolute Gasteiger partial charge is 0.456 e. The van der Waals surface area contributed by atoms with Crippen molar-refractivity contribution in [2.24, 2.45) is 0 Å². The average Bonchev–Trinajstić information content (AvgIpc) is 1.76. The van der Waals surface area contributed by atoms with Crippen LogP contribution in [0.15, 0.2) is 158 Å². The first-order chi connectivity index (χ1) is 43.0. The smallest absolute Gasteiger partial charge is 0.340 e. The van der Waals surface area contributed by atoms with Crippen molar-refractivity contribution in [1.29, 1.82) is 0 Å². The van der Waals surface area contributed by atoms with Gasteiger partial charge in [-0.2, -0.15) is 0 Å². The van der Waals surface area contributed by atoms with E-state index in [0.29, 0.717) is 80.1 Å². The summed E-state index contributed by atoms with van der Waals surface area (Å²) in [6.45, 7) is 12.1. The Morgan fingerprint density at radius 3 is 1.19 bits per heavy atom. The molecule has 2 saturated carbocycles. The van der Waals surface area contributed by atoms with E-state index in [1.807, 2.05) is 137 Å². The third-order valence-corrected chi connectivity index (χ3v) is 20.4. The molecule has 0 radical (unpaired) electrons. The molecule has 4 heterocycles. The molecular weight excluding hydrogens is 1110 g/mol. The molecule has 8 aromatic rings. The minimum Gasteiger partial charge on any atom is -0.456 e. The first kappa shape index (κ1) is 57.6. The lowest BCUT2D eigenvalue weighted by Crippen LogP contribution is -2.35. The maximum absolute atomic E-state index is 14.5. The Kier molecular flexibility index (Phi) is 14.3. The fourth-order valence-corrected chi connectivity index (χ4v) is 15.2. The van der Waals surface area contributed by atoms with E-state index in [2.05, 4.69) is 86.3 Å². The first-order valence-electron chi connectivity index (χ1n) is 32.0. The summed E-state index contributed by atoms with van der Waals surface area (Å²) in [5.41, 5.74) is 10.5. The topological polar surface area (TPSA) is 118 Å². The highest BCUT2D eigenvalue weighted by molar-refractivity contribution is 6.04. The van der Waals surface area contributed by atoms with Crippen LogP contribution in [-0.4, -0.2) is 49.9 Å². The van der Waals surface area contributed by atoms with Crippen LogP contribution >= 0.6 is 0 Å². The average molecular weight is 1190 g/mol. The Labute approximate surface area is 522 Å². The van der Waals surface area contributed by atoms with Crippen LogP contribution in [0.4, 0.5) is 34.1 Å². The lowest BCUT2D eigenvalue weighted by molar-refractivity contribution is -0.118. The van der Waals surface area contributed by atoms with Gasteiger partial charge in [-0.05, 0) is 147 Å². The van der Waals surface area contributed by atoms with Crippen molar-refractivity contribution in [3.63, 3.8) is 0 Å². The number of hydrogen-bond donors (Lipinski definition) is 0. The zero-order valence-corrected chi connectivity index (χ0v) is 52.2. The second kappa shape index (κ2) is 22.2. The number of esters is 2. The molecule has 14 rings (SSSR count).